The first-order valence-corrected chi connectivity index (χ1v) is 11.4. The van der Waals surface area contributed by atoms with Crippen molar-refractivity contribution in [3.8, 4) is 0 Å². The van der Waals surface area contributed by atoms with E-state index in [4.69, 9.17) is 5.73 Å². The average molecular weight is 361 g/mol. The molecule has 26 heavy (non-hydrogen) atoms. The number of rotatable bonds is 17. The highest BCUT2D eigenvalue weighted by Gasteiger charge is 2.06. The van der Waals surface area contributed by atoms with Gasteiger partial charge in [-0.3, -0.25) is 0 Å². The van der Waals surface area contributed by atoms with Crippen LogP contribution in [0, 0.1) is 0 Å². The Morgan fingerprint density at radius 1 is 0.577 bits per heavy atom. The summed E-state index contributed by atoms with van der Waals surface area (Å²) in [7, 11) is 0. The SMILES string of the molecule is CCCCCCCCCN(CCCCCCCCC)c1ccc(N)cc1. The maximum Gasteiger partial charge on any atom is 0.0367 e. The maximum absolute atomic E-state index is 5.87. The molecule has 0 saturated carbocycles. The van der Waals surface area contributed by atoms with E-state index in [2.05, 4.69) is 30.9 Å². The van der Waals surface area contributed by atoms with Crippen LogP contribution in [0.2, 0.25) is 0 Å². The van der Waals surface area contributed by atoms with Gasteiger partial charge in [0, 0.05) is 24.5 Å². The Morgan fingerprint density at radius 2 is 0.962 bits per heavy atom. The average Bonchev–Trinajstić information content (AvgIpc) is 2.65. The second-order valence-electron chi connectivity index (χ2n) is 7.82. The van der Waals surface area contributed by atoms with Gasteiger partial charge in [-0.1, -0.05) is 90.9 Å². The van der Waals surface area contributed by atoms with Crippen molar-refractivity contribution in [2.24, 2.45) is 0 Å². The molecule has 150 valence electrons. The smallest absolute Gasteiger partial charge is 0.0367 e. The first-order chi connectivity index (χ1) is 12.8. The molecule has 0 saturated heterocycles. The summed E-state index contributed by atoms with van der Waals surface area (Å²) in [6.45, 7) is 6.95. The molecule has 1 aromatic carbocycles. The van der Waals surface area contributed by atoms with E-state index < -0.39 is 0 Å². The molecule has 0 aliphatic heterocycles. The molecule has 2 N–H and O–H groups in total. The van der Waals surface area contributed by atoms with Crippen molar-refractivity contribution in [1.82, 2.24) is 0 Å². The van der Waals surface area contributed by atoms with Crippen molar-refractivity contribution in [2.45, 2.75) is 104 Å². The van der Waals surface area contributed by atoms with Gasteiger partial charge in [0.15, 0.2) is 0 Å². The molecule has 0 amide bonds. The number of nitrogens with two attached hydrogens (primary N) is 1. The van der Waals surface area contributed by atoms with E-state index in [-0.39, 0.29) is 0 Å². The number of hydrogen-bond donors (Lipinski definition) is 1. The van der Waals surface area contributed by atoms with Crippen LogP contribution >= 0.6 is 0 Å². The molecule has 0 aromatic heterocycles. The van der Waals surface area contributed by atoms with Gasteiger partial charge in [-0.25, -0.2) is 0 Å². The minimum Gasteiger partial charge on any atom is -0.399 e. The summed E-state index contributed by atoms with van der Waals surface area (Å²) in [5.41, 5.74) is 8.07. The van der Waals surface area contributed by atoms with Gasteiger partial charge < -0.3 is 10.6 Å². The van der Waals surface area contributed by atoms with Gasteiger partial charge in [0.1, 0.15) is 0 Å². The summed E-state index contributed by atoms with van der Waals surface area (Å²) < 4.78 is 0. The first-order valence-electron chi connectivity index (χ1n) is 11.4. The van der Waals surface area contributed by atoms with Crippen LogP contribution in [0.1, 0.15) is 104 Å². The molecule has 0 unspecified atom stereocenters. The number of unbranched alkanes of at least 4 members (excludes halogenated alkanes) is 12. The highest BCUT2D eigenvalue weighted by Crippen LogP contribution is 2.19. The van der Waals surface area contributed by atoms with Crippen LogP contribution in [0.3, 0.4) is 0 Å². The second kappa shape index (κ2) is 16.0. The summed E-state index contributed by atoms with van der Waals surface area (Å²) in [4.78, 5) is 2.58. The Balaban J connectivity index is 2.29. The fourth-order valence-corrected chi connectivity index (χ4v) is 3.57. The molecule has 0 aliphatic carbocycles. The lowest BCUT2D eigenvalue weighted by molar-refractivity contribution is 0.564. The van der Waals surface area contributed by atoms with Crippen molar-refractivity contribution in [3.05, 3.63) is 24.3 Å². The predicted molar refractivity (Wildman–Crippen MR) is 119 cm³/mol. The molecule has 2 nitrogen and oxygen atoms in total. The Kier molecular flexibility index (Phi) is 14.1. The molecule has 0 heterocycles. The third-order valence-electron chi connectivity index (χ3n) is 5.32. The van der Waals surface area contributed by atoms with Crippen LogP contribution in [-0.2, 0) is 0 Å². The lowest BCUT2D eigenvalue weighted by atomic mass is 10.1. The fraction of sp³-hybridized carbons (Fsp3) is 0.750. The van der Waals surface area contributed by atoms with Gasteiger partial charge in [0.05, 0.1) is 0 Å². The summed E-state index contributed by atoms with van der Waals surface area (Å²) in [5, 5.41) is 0. The summed E-state index contributed by atoms with van der Waals surface area (Å²) in [6.07, 6.45) is 19.3. The summed E-state index contributed by atoms with van der Waals surface area (Å²) in [5.74, 6) is 0. The normalized spacial score (nSPS) is 11.0. The lowest BCUT2D eigenvalue weighted by Gasteiger charge is -2.25. The monoisotopic (exact) mass is 360 g/mol. The Labute approximate surface area is 163 Å². The molecule has 0 atom stereocenters. The van der Waals surface area contributed by atoms with Crippen LogP contribution in [-0.4, -0.2) is 13.1 Å². The molecule has 0 spiro atoms. The molecule has 2 heteroatoms. The van der Waals surface area contributed by atoms with Gasteiger partial charge in [0.25, 0.3) is 0 Å². The Hall–Kier alpha value is -1.18. The Bertz CT molecular complexity index is 395. The van der Waals surface area contributed by atoms with E-state index in [0.29, 0.717) is 0 Å². The minimum absolute atomic E-state index is 0.862. The molecule has 1 aromatic rings. The van der Waals surface area contributed by atoms with Crippen LogP contribution in [0.4, 0.5) is 11.4 Å². The molecule has 0 fully saturated rings. The summed E-state index contributed by atoms with van der Waals surface area (Å²) >= 11 is 0. The maximum atomic E-state index is 5.87. The van der Waals surface area contributed by atoms with E-state index in [9.17, 15) is 0 Å². The highest BCUT2D eigenvalue weighted by atomic mass is 15.1. The van der Waals surface area contributed by atoms with Gasteiger partial charge in [-0.15, -0.1) is 0 Å². The van der Waals surface area contributed by atoms with Crippen molar-refractivity contribution in [1.29, 1.82) is 0 Å². The topological polar surface area (TPSA) is 29.3 Å². The van der Waals surface area contributed by atoms with Crippen LogP contribution in [0.25, 0.3) is 0 Å². The predicted octanol–water partition coefficient (Wildman–Crippen LogP) is 7.58. The van der Waals surface area contributed by atoms with Crippen LogP contribution in [0.15, 0.2) is 24.3 Å². The third kappa shape index (κ3) is 11.4. The number of nitrogens with zero attached hydrogens (tertiary/aromatic N) is 1. The largest absolute Gasteiger partial charge is 0.399 e. The second-order valence-corrected chi connectivity index (χ2v) is 7.82. The van der Waals surface area contributed by atoms with Gasteiger partial charge in [0.2, 0.25) is 0 Å². The van der Waals surface area contributed by atoms with Crippen LogP contribution in [0.5, 0.6) is 0 Å². The van der Waals surface area contributed by atoms with Gasteiger partial charge in [-0.2, -0.15) is 0 Å². The minimum atomic E-state index is 0.862. The number of benzene rings is 1. The molecular formula is C24H44N2. The Morgan fingerprint density at radius 3 is 1.38 bits per heavy atom. The number of hydrogen-bond acceptors (Lipinski definition) is 2. The van der Waals surface area contributed by atoms with Crippen LogP contribution < -0.4 is 10.6 Å². The number of nitrogen functional groups attached to an aromatic ring is 1. The lowest BCUT2D eigenvalue weighted by Crippen LogP contribution is -2.25. The van der Waals surface area contributed by atoms with Gasteiger partial charge in [-0.05, 0) is 37.1 Å². The standard InChI is InChI=1S/C24H44N2/c1-3-5-7-9-11-13-15-21-26(24-19-17-23(25)18-20-24)22-16-14-12-10-8-6-4-2/h17-20H,3-16,21-22,25H2,1-2H3. The van der Waals surface area contributed by atoms with Gasteiger partial charge >= 0.3 is 0 Å². The van der Waals surface area contributed by atoms with E-state index in [1.165, 1.54) is 109 Å². The highest BCUT2D eigenvalue weighted by molar-refractivity contribution is 5.53. The zero-order valence-electron chi connectivity index (χ0n) is 17.6. The van der Waals surface area contributed by atoms with E-state index in [0.717, 1.165) is 5.69 Å². The van der Waals surface area contributed by atoms with Crippen molar-refractivity contribution in [3.63, 3.8) is 0 Å². The quantitative estimate of drug-likeness (QED) is 0.229. The molecule has 1 rings (SSSR count). The van der Waals surface area contributed by atoms with Crippen molar-refractivity contribution in [2.75, 3.05) is 23.7 Å². The van der Waals surface area contributed by atoms with Crippen molar-refractivity contribution >= 4 is 11.4 Å². The third-order valence-corrected chi connectivity index (χ3v) is 5.32. The van der Waals surface area contributed by atoms with E-state index in [1.807, 2.05) is 12.1 Å². The first kappa shape index (κ1) is 22.9. The zero-order chi connectivity index (χ0) is 18.9. The molecule has 0 aliphatic rings. The van der Waals surface area contributed by atoms with Crippen molar-refractivity contribution < 1.29 is 0 Å². The summed E-state index contributed by atoms with van der Waals surface area (Å²) in [6, 6.07) is 8.46. The molecule has 0 radical (unpaired) electrons. The molecular weight excluding hydrogens is 316 g/mol. The number of anilines is 2. The molecule has 0 bridgehead atoms. The fourth-order valence-electron chi connectivity index (χ4n) is 3.57. The van der Waals surface area contributed by atoms with E-state index in [1.54, 1.807) is 0 Å². The zero-order valence-corrected chi connectivity index (χ0v) is 17.6. The van der Waals surface area contributed by atoms with E-state index >= 15 is 0 Å².